The smallest absolute Gasteiger partial charge is 0.303 e. The minimum absolute atomic E-state index is 0.0804. The fourth-order valence-electron chi connectivity index (χ4n) is 3.41. The van der Waals surface area contributed by atoms with E-state index in [1.807, 2.05) is 38.1 Å². The lowest BCUT2D eigenvalue weighted by molar-refractivity contribution is -0.137. The first-order chi connectivity index (χ1) is 15.3. The zero-order valence-electron chi connectivity index (χ0n) is 18.3. The van der Waals surface area contributed by atoms with Crippen LogP contribution >= 0.6 is 11.6 Å². The zero-order valence-corrected chi connectivity index (χ0v) is 19.1. The summed E-state index contributed by atoms with van der Waals surface area (Å²) in [7, 11) is 1.57. The third kappa shape index (κ3) is 5.29. The van der Waals surface area contributed by atoms with E-state index in [2.05, 4.69) is 10.4 Å². The number of amides is 1. The number of ether oxygens (including phenoxy) is 1. The third-order valence-electron chi connectivity index (χ3n) is 5.15. The van der Waals surface area contributed by atoms with Gasteiger partial charge in [-0.3, -0.25) is 9.59 Å². The highest BCUT2D eigenvalue weighted by molar-refractivity contribution is 6.32. The largest absolute Gasteiger partial charge is 0.497 e. The van der Waals surface area contributed by atoms with Gasteiger partial charge in [0.1, 0.15) is 5.75 Å². The van der Waals surface area contributed by atoms with E-state index in [1.165, 1.54) is 0 Å². The molecule has 7 nitrogen and oxygen atoms in total. The van der Waals surface area contributed by atoms with Crippen molar-refractivity contribution in [3.8, 4) is 22.7 Å². The van der Waals surface area contributed by atoms with E-state index in [9.17, 15) is 9.59 Å². The molecule has 2 N–H and O–H groups in total. The minimum atomic E-state index is -0.843. The number of carboxylic acid groups (broad SMARTS) is 1. The number of carboxylic acids is 1. The molecule has 0 saturated carbocycles. The Morgan fingerprint density at radius 2 is 1.84 bits per heavy atom. The maximum Gasteiger partial charge on any atom is 0.303 e. The maximum absolute atomic E-state index is 12.9. The molecule has 168 valence electrons. The molecule has 8 heteroatoms. The van der Waals surface area contributed by atoms with E-state index in [0.717, 1.165) is 22.4 Å². The van der Waals surface area contributed by atoms with Crippen molar-refractivity contribution >= 4 is 23.5 Å². The molecule has 0 atom stereocenters. The summed E-state index contributed by atoms with van der Waals surface area (Å²) in [5.41, 5.74) is 4.46. The van der Waals surface area contributed by atoms with Gasteiger partial charge in [0.25, 0.3) is 5.91 Å². The van der Waals surface area contributed by atoms with E-state index < -0.39 is 5.97 Å². The highest BCUT2D eigenvalue weighted by atomic mass is 35.5. The minimum Gasteiger partial charge on any atom is -0.497 e. The van der Waals surface area contributed by atoms with Crippen LogP contribution in [0, 0.1) is 13.8 Å². The van der Waals surface area contributed by atoms with Gasteiger partial charge < -0.3 is 15.2 Å². The van der Waals surface area contributed by atoms with Gasteiger partial charge in [-0.2, -0.15) is 5.10 Å². The van der Waals surface area contributed by atoms with Crippen LogP contribution in [0.1, 0.15) is 40.9 Å². The molecule has 1 aromatic heterocycles. The number of nitrogens with zero attached hydrogens (tertiary/aromatic N) is 2. The number of aromatic nitrogens is 2. The van der Waals surface area contributed by atoms with Gasteiger partial charge in [-0.05, 0) is 38.8 Å². The SMILES string of the molecule is COc1ccc(-n2nc(C(=O)NCCCCC(=O)O)c(C)c2-c2ccc(C)cc2)c(Cl)c1. The summed E-state index contributed by atoms with van der Waals surface area (Å²) in [6.07, 6.45) is 1.16. The van der Waals surface area contributed by atoms with Crippen molar-refractivity contribution in [1.82, 2.24) is 15.1 Å². The fourth-order valence-corrected chi connectivity index (χ4v) is 3.66. The number of nitrogens with one attached hydrogen (secondary N) is 1. The highest BCUT2D eigenvalue weighted by Crippen LogP contribution is 2.33. The summed E-state index contributed by atoms with van der Waals surface area (Å²) in [6.45, 7) is 4.24. The molecule has 0 bridgehead atoms. The van der Waals surface area contributed by atoms with Gasteiger partial charge in [0, 0.05) is 30.2 Å². The number of aryl methyl sites for hydroxylation is 1. The fraction of sp³-hybridized carbons (Fsp3) is 0.292. The Bertz CT molecular complexity index is 1120. The second-order valence-corrected chi connectivity index (χ2v) is 7.93. The highest BCUT2D eigenvalue weighted by Gasteiger charge is 2.23. The van der Waals surface area contributed by atoms with Gasteiger partial charge >= 0.3 is 5.97 Å². The van der Waals surface area contributed by atoms with Crippen molar-refractivity contribution in [3.05, 3.63) is 64.3 Å². The average Bonchev–Trinajstić information content (AvgIpc) is 3.10. The molecule has 3 aromatic rings. The van der Waals surface area contributed by atoms with Crippen molar-refractivity contribution in [1.29, 1.82) is 0 Å². The number of hydrogen-bond acceptors (Lipinski definition) is 4. The van der Waals surface area contributed by atoms with Gasteiger partial charge in [0.2, 0.25) is 0 Å². The molecule has 1 amide bonds. The first-order valence-corrected chi connectivity index (χ1v) is 10.7. The Kier molecular flexibility index (Phi) is 7.53. The van der Waals surface area contributed by atoms with Crippen LogP contribution in [0.15, 0.2) is 42.5 Å². The second-order valence-electron chi connectivity index (χ2n) is 7.52. The molecular formula is C24H26ClN3O4. The number of benzene rings is 2. The van der Waals surface area contributed by atoms with Crippen molar-refractivity contribution in [3.63, 3.8) is 0 Å². The number of rotatable bonds is 9. The maximum atomic E-state index is 12.9. The number of carbonyl (C=O) groups excluding carboxylic acids is 1. The summed E-state index contributed by atoms with van der Waals surface area (Å²) < 4.78 is 6.93. The number of aliphatic carboxylic acids is 1. The Morgan fingerprint density at radius 1 is 1.12 bits per heavy atom. The summed E-state index contributed by atoms with van der Waals surface area (Å²) in [5.74, 6) is -0.529. The molecule has 0 aliphatic carbocycles. The lowest BCUT2D eigenvalue weighted by atomic mass is 10.0. The van der Waals surface area contributed by atoms with Crippen LogP contribution in [0.4, 0.5) is 0 Å². The first-order valence-electron chi connectivity index (χ1n) is 10.3. The number of hydrogen-bond donors (Lipinski definition) is 2. The van der Waals surface area contributed by atoms with Gasteiger partial charge in [-0.1, -0.05) is 41.4 Å². The molecule has 2 aromatic carbocycles. The van der Waals surface area contributed by atoms with Crippen molar-refractivity contribution in [2.75, 3.05) is 13.7 Å². The van der Waals surface area contributed by atoms with Crippen molar-refractivity contribution < 1.29 is 19.4 Å². The summed E-state index contributed by atoms with van der Waals surface area (Å²) in [4.78, 5) is 23.5. The standard InChI is InChI=1S/C24H26ClN3O4/c1-15-7-9-17(10-8-15)23-16(2)22(24(31)26-13-5-4-6-21(29)30)27-28(23)20-12-11-18(32-3)14-19(20)25/h7-12,14H,4-6,13H2,1-3H3,(H,26,31)(H,29,30). The van der Waals surface area contributed by atoms with E-state index in [1.54, 1.807) is 30.0 Å². The molecule has 0 unspecified atom stereocenters. The molecule has 0 aliphatic heterocycles. The Morgan fingerprint density at radius 3 is 2.47 bits per heavy atom. The summed E-state index contributed by atoms with van der Waals surface area (Å²) in [5, 5.41) is 16.6. The van der Waals surface area contributed by atoms with Gasteiger partial charge in [-0.15, -0.1) is 0 Å². The number of unbranched alkanes of at least 4 members (excludes halogenated alkanes) is 1. The van der Waals surface area contributed by atoms with Gasteiger partial charge in [-0.25, -0.2) is 4.68 Å². The monoisotopic (exact) mass is 455 g/mol. The van der Waals surface area contributed by atoms with Crippen LogP contribution < -0.4 is 10.1 Å². The molecule has 0 saturated heterocycles. The van der Waals surface area contributed by atoms with Crippen molar-refractivity contribution in [2.24, 2.45) is 0 Å². The Hall–Kier alpha value is -3.32. The quantitative estimate of drug-likeness (QED) is 0.452. The van der Waals surface area contributed by atoms with E-state index in [4.69, 9.17) is 21.4 Å². The molecule has 3 rings (SSSR count). The summed E-state index contributed by atoms with van der Waals surface area (Å²) >= 11 is 6.52. The molecule has 0 spiro atoms. The van der Waals surface area contributed by atoms with Crippen LogP contribution in [0.5, 0.6) is 5.75 Å². The lowest BCUT2D eigenvalue weighted by Gasteiger charge is -2.11. The Labute approximate surface area is 192 Å². The normalized spacial score (nSPS) is 10.8. The molecule has 32 heavy (non-hydrogen) atoms. The third-order valence-corrected chi connectivity index (χ3v) is 5.45. The van der Waals surface area contributed by atoms with Crippen LogP contribution in [0.2, 0.25) is 5.02 Å². The topological polar surface area (TPSA) is 93.5 Å². The molecule has 0 aliphatic rings. The van der Waals surface area contributed by atoms with E-state index in [-0.39, 0.29) is 12.3 Å². The molecule has 1 heterocycles. The Balaban J connectivity index is 1.98. The average molecular weight is 456 g/mol. The van der Waals surface area contributed by atoms with Crippen LogP contribution in [-0.2, 0) is 4.79 Å². The van der Waals surface area contributed by atoms with Crippen molar-refractivity contribution in [2.45, 2.75) is 33.1 Å². The molecule has 0 radical (unpaired) electrons. The first kappa shape index (κ1) is 23.3. The number of methoxy groups -OCH3 is 1. The number of halogens is 1. The van der Waals surface area contributed by atoms with Crippen LogP contribution in [0.3, 0.4) is 0 Å². The summed E-state index contributed by atoms with van der Waals surface area (Å²) in [6, 6.07) is 13.3. The van der Waals surface area contributed by atoms with Gasteiger partial charge in [0.05, 0.1) is 23.5 Å². The number of carbonyl (C=O) groups is 2. The molecule has 0 fully saturated rings. The van der Waals surface area contributed by atoms with Crippen LogP contribution in [-0.4, -0.2) is 40.4 Å². The van der Waals surface area contributed by atoms with Gasteiger partial charge in [0.15, 0.2) is 5.69 Å². The molecular weight excluding hydrogens is 430 g/mol. The van der Waals surface area contributed by atoms with E-state index >= 15 is 0 Å². The predicted molar refractivity (Wildman–Crippen MR) is 124 cm³/mol. The second kappa shape index (κ2) is 10.3. The predicted octanol–water partition coefficient (Wildman–Crippen LogP) is 4.80. The lowest BCUT2D eigenvalue weighted by Crippen LogP contribution is -2.25. The zero-order chi connectivity index (χ0) is 23.3. The van der Waals surface area contributed by atoms with Crippen LogP contribution in [0.25, 0.3) is 16.9 Å². The van der Waals surface area contributed by atoms with E-state index in [0.29, 0.717) is 41.5 Å².